The van der Waals surface area contributed by atoms with Gasteiger partial charge in [-0.3, -0.25) is 9.59 Å². The highest BCUT2D eigenvalue weighted by molar-refractivity contribution is 6.26. The molecule has 1 aromatic carbocycles. The minimum absolute atomic E-state index is 0.0127. The molecule has 0 spiro atoms. The third-order valence-electron chi connectivity index (χ3n) is 5.20. The van der Waals surface area contributed by atoms with Crippen molar-refractivity contribution in [1.82, 2.24) is 5.32 Å². The summed E-state index contributed by atoms with van der Waals surface area (Å²) in [4.78, 5) is 25.3. The maximum Gasteiger partial charge on any atom is 0.213 e. The molecule has 8 nitrogen and oxygen atoms in total. The van der Waals surface area contributed by atoms with Crippen LogP contribution in [0.5, 0.6) is 11.5 Å². The maximum atomic E-state index is 12.8. The predicted octanol–water partition coefficient (Wildman–Crippen LogP) is 0.452. The maximum absolute atomic E-state index is 12.8. The Morgan fingerprint density at radius 3 is 2.48 bits per heavy atom. The van der Waals surface area contributed by atoms with E-state index in [0.29, 0.717) is 6.54 Å². The molecule has 8 heteroatoms. The quantitative estimate of drug-likeness (QED) is 0.327. The number of nitrogens with one attached hydrogen (secondary N) is 1. The number of phenols is 2. The molecule has 0 aliphatic heterocycles. The number of aromatic hydroxyl groups is 2. The molecular formula is C19H23NO7. The van der Waals surface area contributed by atoms with E-state index in [4.69, 9.17) is 0 Å². The smallest absolute Gasteiger partial charge is 0.213 e. The molecule has 0 fully saturated rings. The number of fused-ring (bicyclic) bond motifs is 2. The van der Waals surface area contributed by atoms with Crippen molar-refractivity contribution in [2.75, 3.05) is 6.54 Å². The highest BCUT2D eigenvalue weighted by Crippen LogP contribution is 2.49. The number of hydrogen-bond acceptors (Lipinski definition) is 8. The number of hydrogen-bond donors (Lipinski definition) is 6. The van der Waals surface area contributed by atoms with Crippen LogP contribution in [0.2, 0.25) is 0 Å². The second-order valence-corrected chi connectivity index (χ2v) is 7.29. The summed E-state index contributed by atoms with van der Waals surface area (Å²) in [6.45, 7) is 3.71. The van der Waals surface area contributed by atoms with E-state index in [-0.39, 0.29) is 28.8 Å². The average Bonchev–Trinajstić information content (AvgIpc) is 2.60. The largest absolute Gasteiger partial charge is 0.507 e. The van der Waals surface area contributed by atoms with E-state index in [0.717, 1.165) is 18.9 Å². The number of carbonyl (C=O) groups excluding carboxylic acids is 2. The second-order valence-electron chi connectivity index (χ2n) is 7.29. The minimum atomic E-state index is -1.79. The van der Waals surface area contributed by atoms with Crippen LogP contribution in [0, 0.1) is 0 Å². The molecule has 0 saturated heterocycles. The number of ketones is 2. The molecule has 3 atom stereocenters. The van der Waals surface area contributed by atoms with Crippen molar-refractivity contribution in [1.29, 1.82) is 0 Å². The van der Waals surface area contributed by atoms with E-state index in [9.17, 15) is 35.1 Å². The van der Waals surface area contributed by atoms with Crippen LogP contribution in [0.3, 0.4) is 0 Å². The van der Waals surface area contributed by atoms with Gasteiger partial charge < -0.3 is 30.8 Å². The van der Waals surface area contributed by atoms with E-state index < -0.39 is 46.4 Å². The number of Topliss-reactive ketones (excluding diaryl/α,β-unsaturated/α-hetero) is 1. The Kier molecular flexibility index (Phi) is 4.75. The number of allylic oxidation sites excluding steroid dienone is 2. The van der Waals surface area contributed by atoms with Gasteiger partial charge in [-0.2, -0.15) is 0 Å². The normalized spacial score (nSPS) is 27.1. The van der Waals surface area contributed by atoms with Crippen molar-refractivity contribution < 1.29 is 35.1 Å². The summed E-state index contributed by atoms with van der Waals surface area (Å²) in [7, 11) is 0. The molecule has 0 unspecified atom stereocenters. The van der Waals surface area contributed by atoms with Crippen molar-refractivity contribution >= 4 is 11.6 Å². The van der Waals surface area contributed by atoms with Gasteiger partial charge in [0.15, 0.2) is 5.78 Å². The Bertz CT molecular complexity index is 856. The van der Waals surface area contributed by atoms with Crippen LogP contribution in [0.25, 0.3) is 0 Å². The summed E-state index contributed by atoms with van der Waals surface area (Å²) in [6, 6.07) is 0. The number of unbranched alkanes of at least 4 members (excludes halogenated alkanes) is 1. The summed E-state index contributed by atoms with van der Waals surface area (Å²) in [5, 5.41) is 54.8. The van der Waals surface area contributed by atoms with Crippen LogP contribution in [0.4, 0.5) is 0 Å². The number of carbonyl (C=O) groups is 2. The van der Waals surface area contributed by atoms with E-state index >= 15 is 0 Å². The van der Waals surface area contributed by atoms with E-state index in [1.807, 2.05) is 6.92 Å². The molecule has 0 heterocycles. The van der Waals surface area contributed by atoms with Crippen LogP contribution in [-0.2, 0) is 6.42 Å². The van der Waals surface area contributed by atoms with Gasteiger partial charge in [0.25, 0.3) is 0 Å². The van der Waals surface area contributed by atoms with Gasteiger partial charge in [0, 0.05) is 30.2 Å². The van der Waals surface area contributed by atoms with Gasteiger partial charge in [0.2, 0.25) is 5.78 Å². The molecule has 1 aromatic rings. The van der Waals surface area contributed by atoms with Gasteiger partial charge in [0.1, 0.15) is 23.7 Å². The predicted molar refractivity (Wildman–Crippen MR) is 94.7 cm³/mol. The second kappa shape index (κ2) is 6.63. The van der Waals surface area contributed by atoms with Crippen molar-refractivity contribution in [3.63, 3.8) is 0 Å². The lowest BCUT2D eigenvalue weighted by Crippen LogP contribution is -2.48. The van der Waals surface area contributed by atoms with E-state index in [1.165, 1.54) is 6.92 Å². The van der Waals surface area contributed by atoms with Gasteiger partial charge in [-0.15, -0.1) is 0 Å². The highest BCUT2D eigenvalue weighted by Gasteiger charge is 2.47. The summed E-state index contributed by atoms with van der Waals surface area (Å²) < 4.78 is 0. The number of phenolic OH excluding ortho intramolecular Hbond substituents is 2. The number of rotatable bonds is 4. The zero-order chi connectivity index (χ0) is 20.1. The standard InChI is InChI=1S/C19H23NO7/c1-3-4-5-20-9-6-10(21)12-13(15(9)23)14(22)8-7-19(2,27)18(26)17(25)11(8)16(12)24/h6,17-18,20,22,24-27H,3-5,7H2,1-2H3/t17-,18+,19-/m0/s1. The Balaban J connectivity index is 2.17. The van der Waals surface area contributed by atoms with Crippen LogP contribution < -0.4 is 5.32 Å². The topological polar surface area (TPSA) is 147 Å². The minimum Gasteiger partial charge on any atom is -0.507 e. The molecular weight excluding hydrogens is 354 g/mol. The third-order valence-corrected chi connectivity index (χ3v) is 5.20. The fourth-order valence-corrected chi connectivity index (χ4v) is 3.65. The first-order valence-electron chi connectivity index (χ1n) is 8.85. The molecule has 2 aliphatic carbocycles. The van der Waals surface area contributed by atoms with Gasteiger partial charge >= 0.3 is 0 Å². The SMILES string of the molecule is CCCCNC1=CC(=O)c2c(O)c3c(c(O)c2C1=O)C[C@](C)(O)[C@H](O)[C@H]3O. The summed E-state index contributed by atoms with van der Waals surface area (Å²) in [5.41, 5.74) is -2.86. The van der Waals surface area contributed by atoms with Gasteiger partial charge in [0.05, 0.1) is 22.4 Å². The van der Waals surface area contributed by atoms with E-state index in [2.05, 4.69) is 5.32 Å². The van der Waals surface area contributed by atoms with Gasteiger partial charge in [-0.05, 0) is 13.3 Å². The molecule has 0 saturated carbocycles. The molecule has 0 radical (unpaired) electrons. The van der Waals surface area contributed by atoms with Crippen LogP contribution in [0.1, 0.15) is 64.6 Å². The highest BCUT2D eigenvalue weighted by atomic mass is 16.4. The lowest BCUT2D eigenvalue weighted by atomic mass is 9.73. The first-order valence-corrected chi connectivity index (χ1v) is 8.85. The molecule has 0 bridgehead atoms. The van der Waals surface area contributed by atoms with Gasteiger partial charge in [-0.1, -0.05) is 13.3 Å². The molecule has 0 aromatic heterocycles. The van der Waals surface area contributed by atoms with Crippen molar-refractivity contribution in [3.8, 4) is 11.5 Å². The summed E-state index contributed by atoms with van der Waals surface area (Å²) >= 11 is 0. The lowest BCUT2D eigenvalue weighted by Gasteiger charge is -2.39. The Morgan fingerprint density at radius 2 is 1.85 bits per heavy atom. The lowest BCUT2D eigenvalue weighted by molar-refractivity contribution is -0.126. The number of aliphatic hydroxyl groups excluding tert-OH is 2. The molecule has 0 amide bonds. The van der Waals surface area contributed by atoms with Crippen LogP contribution >= 0.6 is 0 Å². The average molecular weight is 377 g/mol. The van der Waals surface area contributed by atoms with Crippen LogP contribution in [0.15, 0.2) is 11.8 Å². The summed E-state index contributed by atoms with van der Waals surface area (Å²) in [5.74, 6) is -2.60. The van der Waals surface area contributed by atoms with Crippen molar-refractivity contribution in [2.24, 2.45) is 0 Å². The fraction of sp³-hybridized carbons (Fsp3) is 0.474. The monoisotopic (exact) mass is 377 g/mol. The molecule has 6 N–H and O–H groups in total. The van der Waals surface area contributed by atoms with E-state index in [1.54, 1.807) is 0 Å². The first-order chi connectivity index (χ1) is 12.6. The molecule has 146 valence electrons. The molecule has 27 heavy (non-hydrogen) atoms. The molecule has 2 aliphatic rings. The first kappa shape index (κ1) is 19.3. The van der Waals surface area contributed by atoms with Crippen LogP contribution in [-0.4, -0.2) is 55.3 Å². The third kappa shape index (κ3) is 2.90. The van der Waals surface area contributed by atoms with Crippen molar-refractivity contribution in [2.45, 2.75) is 50.9 Å². The molecule has 3 rings (SSSR count). The van der Waals surface area contributed by atoms with Gasteiger partial charge in [-0.25, -0.2) is 0 Å². The number of aliphatic hydroxyl groups is 3. The zero-order valence-electron chi connectivity index (χ0n) is 15.1. The zero-order valence-corrected chi connectivity index (χ0v) is 15.1. The van der Waals surface area contributed by atoms with Crippen molar-refractivity contribution in [3.05, 3.63) is 34.0 Å². The number of benzene rings is 1. The fourth-order valence-electron chi connectivity index (χ4n) is 3.65. The Hall–Kier alpha value is -2.42. The summed E-state index contributed by atoms with van der Waals surface area (Å²) in [6.07, 6.45) is -0.959. The Morgan fingerprint density at radius 1 is 1.19 bits per heavy atom. The Labute approximate surface area is 155 Å².